The zero-order chi connectivity index (χ0) is 25.8. The fraction of sp³-hybridized carbons (Fsp3) is 0.296. The van der Waals surface area contributed by atoms with Crippen molar-refractivity contribution in [2.45, 2.75) is 38.5 Å². The molecule has 0 unspecified atom stereocenters. The van der Waals surface area contributed by atoms with E-state index in [1.54, 1.807) is 30.3 Å². The maximum Gasteiger partial charge on any atom is 0.264 e. The minimum Gasteiger partial charge on any atom is -0.493 e. The van der Waals surface area contributed by atoms with Gasteiger partial charge in [-0.1, -0.05) is 49.7 Å². The number of aryl methyl sites for hydroxylation is 2. The summed E-state index contributed by atoms with van der Waals surface area (Å²) in [5.41, 5.74) is 3.81. The number of hydrogen-bond donors (Lipinski definition) is 1. The van der Waals surface area contributed by atoms with Crippen LogP contribution in [0.25, 0.3) is 0 Å². The third-order valence-electron chi connectivity index (χ3n) is 5.74. The van der Waals surface area contributed by atoms with E-state index in [0.29, 0.717) is 17.2 Å². The van der Waals surface area contributed by atoms with Gasteiger partial charge in [-0.05, 0) is 55.2 Å². The molecule has 7 nitrogen and oxygen atoms in total. The molecule has 186 valence electrons. The molecule has 0 aliphatic carbocycles. The number of rotatable bonds is 9. The number of anilines is 2. The first-order chi connectivity index (χ1) is 16.6. The molecule has 0 saturated heterocycles. The van der Waals surface area contributed by atoms with Crippen LogP contribution in [0.4, 0.5) is 11.4 Å². The van der Waals surface area contributed by atoms with Crippen LogP contribution in [0.5, 0.6) is 11.5 Å². The van der Waals surface area contributed by atoms with Crippen LogP contribution in [-0.4, -0.2) is 35.1 Å². The van der Waals surface area contributed by atoms with E-state index >= 15 is 0 Å². The predicted octanol–water partition coefficient (Wildman–Crippen LogP) is 5.28. The molecular formula is C27H32N2O5S. The quantitative estimate of drug-likeness (QED) is 0.436. The number of methoxy groups -OCH3 is 2. The maximum absolute atomic E-state index is 13.7. The molecule has 3 aromatic carbocycles. The van der Waals surface area contributed by atoms with Crippen molar-refractivity contribution in [1.82, 2.24) is 0 Å². The number of hydrogen-bond acceptors (Lipinski definition) is 5. The lowest BCUT2D eigenvalue weighted by atomic mass is 9.98. The highest BCUT2D eigenvalue weighted by Crippen LogP contribution is 2.34. The van der Waals surface area contributed by atoms with Crippen LogP contribution in [0.15, 0.2) is 65.6 Å². The molecule has 0 bridgehead atoms. The van der Waals surface area contributed by atoms with Gasteiger partial charge >= 0.3 is 0 Å². The lowest BCUT2D eigenvalue weighted by Crippen LogP contribution is -2.38. The summed E-state index contributed by atoms with van der Waals surface area (Å²) in [6, 6.07) is 17.1. The van der Waals surface area contributed by atoms with E-state index in [-0.39, 0.29) is 16.5 Å². The molecule has 0 fully saturated rings. The van der Waals surface area contributed by atoms with Crippen molar-refractivity contribution >= 4 is 27.3 Å². The number of ether oxygens (including phenoxy) is 2. The third-order valence-corrected chi connectivity index (χ3v) is 7.53. The SMILES string of the molecule is COc1ccc(N(CC(=O)Nc2c(C)cccc2C(C)C)S(=O)(=O)c2ccc(C)cc2)cc1OC. The fourth-order valence-electron chi connectivity index (χ4n) is 3.78. The summed E-state index contributed by atoms with van der Waals surface area (Å²) < 4.78 is 39.2. The summed E-state index contributed by atoms with van der Waals surface area (Å²) >= 11 is 0. The number of carbonyl (C=O) groups excluding carboxylic acids is 1. The second-order valence-corrected chi connectivity index (χ2v) is 10.5. The van der Waals surface area contributed by atoms with Crippen molar-refractivity contribution in [3.63, 3.8) is 0 Å². The van der Waals surface area contributed by atoms with Gasteiger partial charge in [-0.15, -0.1) is 0 Å². The van der Waals surface area contributed by atoms with E-state index in [2.05, 4.69) is 5.32 Å². The molecule has 0 atom stereocenters. The molecule has 8 heteroatoms. The van der Waals surface area contributed by atoms with E-state index in [4.69, 9.17) is 9.47 Å². The number of nitrogens with one attached hydrogen (secondary N) is 1. The Morgan fingerprint density at radius 1 is 0.943 bits per heavy atom. The molecule has 0 aromatic heterocycles. The molecule has 0 radical (unpaired) electrons. The zero-order valence-electron chi connectivity index (χ0n) is 21.0. The number of sulfonamides is 1. The van der Waals surface area contributed by atoms with Gasteiger partial charge in [-0.3, -0.25) is 9.10 Å². The average Bonchev–Trinajstić information content (AvgIpc) is 2.83. The number of amides is 1. The van der Waals surface area contributed by atoms with Gasteiger partial charge in [-0.2, -0.15) is 0 Å². The Balaban J connectivity index is 2.04. The third kappa shape index (κ3) is 5.77. The van der Waals surface area contributed by atoms with Gasteiger partial charge in [0.15, 0.2) is 11.5 Å². The highest BCUT2D eigenvalue weighted by Gasteiger charge is 2.28. The lowest BCUT2D eigenvalue weighted by molar-refractivity contribution is -0.114. The van der Waals surface area contributed by atoms with E-state index in [0.717, 1.165) is 21.0 Å². The Morgan fingerprint density at radius 3 is 2.20 bits per heavy atom. The molecule has 0 spiro atoms. The smallest absolute Gasteiger partial charge is 0.264 e. The van der Waals surface area contributed by atoms with Gasteiger partial charge in [-0.25, -0.2) is 8.42 Å². The van der Waals surface area contributed by atoms with Crippen LogP contribution in [0.2, 0.25) is 0 Å². The second-order valence-electron chi connectivity index (χ2n) is 8.61. The van der Waals surface area contributed by atoms with E-state index < -0.39 is 22.5 Å². The predicted molar refractivity (Wildman–Crippen MR) is 139 cm³/mol. The highest BCUT2D eigenvalue weighted by molar-refractivity contribution is 7.92. The minimum absolute atomic E-state index is 0.0875. The Morgan fingerprint density at radius 2 is 1.60 bits per heavy atom. The molecule has 1 amide bonds. The standard InChI is InChI=1S/C27H32N2O5S/c1-18(2)23-9-7-8-20(4)27(23)28-26(30)17-29(21-12-15-24(33-5)25(16-21)34-6)35(31,32)22-13-10-19(3)11-14-22/h7-16,18H,17H2,1-6H3,(H,28,30). The van der Waals surface area contributed by atoms with Crippen molar-refractivity contribution in [2.75, 3.05) is 30.4 Å². The second kappa shape index (κ2) is 10.8. The number of nitrogens with zero attached hydrogens (tertiary/aromatic N) is 1. The normalized spacial score (nSPS) is 11.3. The molecule has 35 heavy (non-hydrogen) atoms. The molecule has 1 N–H and O–H groups in total. The summed E-state index contributed by atoms with van der Waals surface area (Å²) in [7, 11) is -1.09. The monoisotopic (exact) mass is 496 g/mol. The van der Waals surface area contributed by atoms with E-state index in [1.807, 2.05) is 45.9 Å². The Hall–Kier alpha value is -3.52. The first kappa shape index (κ1) is 26.1. The highest BCUT2D eigenvalue weighted by atomic mass is 32.2. The van der Waals surface area contributed by atoms with Gasteiger partial charge in [0.1, 0.15) is 6.54 Å². The van der Waals surface area contributed by atoms with Crippen molar-refractivity contribution < 1.29 is 22.7 Å². The molecular weight excluding hydrogens is 464 g/mol. The number of benzene rings is 3. The topological polar surface area (TPSA) is 84.9 Å². The lowest BCUT2D eigenvalue weighted by Gasteiger charge is -2.25. The van der Waals surface area contributed by atoms with E-state index in [1.165, 1.54) is 26.4 Å². The largest absolute Gasteiger partial charge is 0.493 e. The van der Waals surface area contributed by atoms with Crippen LogP contribution in [-0.2, 0) is 14.8 Å². The molecule has 0 heterocycles. The summed E-state index contributed by atoms with van der Waals surface area (Å²) in [5.74, 6) is 0.542. The Labute approximate surface area is 207 Å². The summed E-state index contributed by atoms with van der Waals surface area (Å²) in [4.78, 5) is 13.3. The molecule has 3 aromatic rings. The maximum atomic E-state index is 13.7. The average molecular weight is 497 g/mol. The van der Waals surface area contributed by atoms with Gasteiger partial charge in [0.05, 0.1) is 24.8 Å². The number of para-hydroxylation sites is 1. The minimum atomic E-state index is -4.06. The summed E-state index contributed by atoms with van der Waals surface area (Å²) in [6.45, 7) is 7.46. The van der Waals surface area contributed by atoms with Gasteiger partial charge < -0.3 is 14.8 Å². The molecule has 0 aliphatic heterocycles. The molecule has 3 rings (SSSR count). The van der Waals surface area contributed by atoms with Crippen LogP contribution in [0.1, 0.15) is 36.5 Å². The van der Waals surface area contributed by atoms with Gasteiger partial charge in [0.25, 0.3) is 10.0 Å². The van der Waals surface area contributed by atoms with Crippen LogP contribution in [0.3, 0.4) is 0 Å². The van der Waals surface area contributed by atoms with Crippen molar-refractivity contribution in [1.29, 1.82) is 0 Å². The first-order valence-electron chi connectivity index (χ1n) is 11.3. The summed E-state index contributed by atoms with van der Waals surface area (Å²) in [6.07, 6.45) is 0. The van der Waals surface area contributed by atoms with Gasteiger partial charge in [0.2, 0.25) is 5.91 Å². The van der Waals surface area contributed by atoms with Crippen molar-refractivity contribution in [2.24, 2.45) is 0 Å². The van der Waals surface area contributed by atoms with Crippen LogP contribution >= 0.6 is 0 Å². The zero-order valence-corrected chi connectivity index (χ0v) is 21.8. The van der Waals surface area contributed by atoms with E-state index in [9.17, 15) is 13.2 Å². The van der Waals surface area contributed by atoms with Gasteiger partial charge in [0, 0.05) is 11.8 Å². The number of carbonyl (C=O) groups is 1. The van der Waals surface area contributed by atoms with Crippen molar-refractivity contribution in [3.05, 3.63) is 77.4 Å². The molecule has 0 aliphatic rings. The summed E-state index contributed by atoms with van der Waals surface area (Å²) in [5, 5.41) is 2.94. The Kier molecular flexibility index (Phi) is 8.07. The first-order valence-corrected chi connectivity index (χ1v) is 12.7. The Bertz CT molecular complexity index is 1300. The van der Waals surface area contributed by atoms with Crippen LogP contribution < -0.4 is 19.1 Å². The fourth-order valence-corrected chi connectivity index (χ4v) is 5.20. The van der Waals surface area contributed by atoms with Crippen molar-refractivity contribution in [3.8, 4) is 11.5 Å². The molecule has 0 saturated carbocycles. The van der Waals surface area contributed by atoms with Crippen LogP contribution in [0, 0.1) is 13.8 Å².